The zero-order chi connectivity index (χ0) is 11.4. The maximum Gasteiger partial charge on any atom is 0.140 e. The topological polar surface area (TPSA) is 22.1 Å². The van der Waals surface area contributed by atoms with Gasteiger partial charge in [0.05, 0.1) is 0 Å². The quantitative estimate of drug-likeness (QED) is 0.785. The van der Waals surface area contributed by atoms with E-state index in [1.807, 2.05) is 23.6 Å². The van der Waals surface area contributed by atoms with Gasteiger partial charge in [-0.1, -0.05) is 27.5 Å². The van der Waals surface area contributed by atoms with Gasteiger partial charge in [0.15, 0.2) is 0 Å². The normalized spacial score (nSPS) is 10.4. The second-order valence-corrected chi connectivity index (χ2v) is 5.08. The van der Waals surface area contributed by atoms with Crippen LogP contribution in [0, 0.1) is 0 Å². The molecule has 1 heterocycles. The van der Waals surface area contributed by atoms with Crippen molar-refractivity contribution in [1.82, 2.24) is 4.98 Å². The number of thiazole rings is 1. The molecule has 2 rings (SSSR count). The molecular formula is C11H9BrClNOS. The average Bonchev–Trinajstić information content (AvgIpc) is 2.80. The Hall–Kier alpha value is -0.580. The van der Waals surface area contributed by atoms with Crippen LogP contribution in [0.5, 0.6) is 5.75 Å². The molecule has 0 saturated heterocycles. The number of nitrogens with zero attached hydrogens (tertiary/aromatic N) is 1. The number of rotatable bonds is 4. The van der Waals surface area contributed by atoms with Gasteiger partial charge in [0.2, 0.25) is 0 Å². The molecule has 1 aromatic carbocycles. The van der Waals surface area contributed by atoms with Crippen LogP contribution in [0.4, 0.5) is 0 Å². The average molecular weight is 319 g/mol. The number of aromatic nitrogens is 1. The zero-order valence-corrected chi connectivity index (χ0v) is 11.5. The molecule has 5 heteroatoms. The lowest BCUT2D eigenvalue weighted by Gasteiger charge is -2.08. The molecule has 0 fully saturated rings. The fourth-order valence-electron chi connectivity index (χ4n) is 1.26. The maximum absolute atomic E-state index is 5.91. The van der Waals surface area contributed by atoms with Gasteiger partial charge in [-0.2, -0.15) is 0 Å². The van der Waals surface area contributed by atoms with Crippen LogP contribution in [0.1, 0.15) is 10.6 Å². The molecule has 2 nitrogen and oxygen atoms in total. The van der Waals surface area contributed by atoms with Gasteiger partial charge in [-0.3, -0.25) is 0 Å². The zero-order valence-electron chi connectivity index (χ0n) is 8.32. The van der Waals surface area contributed by atoms with E-state index >= 15 is 0 Å². The molecule has 0 aliphatic heterocycles. The molecule has 16 heavy (non-hydrogen) atoms. The Bertz CT molecular complexity index is 461. The van der Waals surface area contributed by atoms with E-state index in [0.29, 0.717) is 6.61 Å². The first-order chi connectivity index (χ1) is 7.79. The molecule has 0 amide bonds. The lowest BCUT2D eigenvalue weighted by atomic mass is 10.2. The first-order valence-electron chi connectivity index (χ1n) is 4.65. The Balaban J connectivity index is 2.09. The van der Waals surface area contributed by atoms with Crippen LogP contribution < -0.4 is 4.74 Å². The van der Waals surface area contributed by atoms with Crippen LogP contribution in [-0.4, -0.2) is 4.98 Å². The molecule has 0 aliphatic rings. The largest absolute Gasteiger partial charge is 0.486 e. The summed E-state index contributed by atoms with van der Waals surface area (Å²) >= 11 is 10.9. The van der Waals surface area contributed by atoms with Crippen molar-refractivity contribution in [1.29, 1.82) is 0 Å². The van der Waals surface area contributed by atoms with Crippen LogP contribution in [0.2, 0.25) is 5.02 Å². The first-order valence-corrected chi connectivity index (χ1v) is 7.03. The van der Waals surface area contributed by atoms with E-state index in [1.54, 1.807) is 17.5 Å². The molecule has 1 aromatic heterocycles. The van der Waals surface area contributed by atoms with Gasteiger partial charge in [0.25, 0.3) is 0 Å². The van der Waals surface area contributed by atoms with Gasteiger partial charge in [0.1, 0.15) is 17.4 Å². The smallest absolute Gasteiger partial charge is 0.140 e. The summed E-state index contributed by atoms with van der Waals surface area (Å²) in [5.41, 5.74) is 1.05. The Kier molecular flexibility index (Phi) is 4.21. The Morgan fingerprint density at radius 3 is 3.00 bits per heavy atom. The molecule has 0 saturated carbocycles. The number of hydrogen-bond acceptors (Lipinski definition) is 3. The maximum atomic E-state index is 5.91. The molecule has 0 radical (unpaired) electrons. The lowest BCUT2D eigenvalue weighted by Crippen LogP contribution is -1.97. The van der Waals surface area contributed by atoms with Crippen LogP contribution in [0.3, 0.4) is 0 Å². The summed E-state index contributed by atoms with van der Waals surface area (Å²) in [6.07, 6.45) is 1.77. The summed E-state index contributed by atoms with van der Waals surface area (Å²) in [6, 6.07) is 5.60. The summed E-state index contributed by atoms with van der Waals surface area (Å²) in [5.74, 6) is 0.844. The highest BCUT2D eigenvalue weighted by atomic mass is 79.9. The van der Waals surface area contributed by atoms with E-state index in [4.69, 9.17) is 16.3 Å². The summed E-state index contributed by atoms with van der Waals surface area (Å²) in [5, 5.41) is 4.35. The molecule has 0 spiro atoms. The summed E-state index contributed by atoms with van der Waals surface area (Å²) < 4.78 is 5.69. The monoisotopic (exact) mass is 317 g/mol. The van der Waals surface area contributed by atoms with Crippen molar-refractivity contribution in [2.24, 2.45) is 0 Å². The highest BCUT2D eigenvalue weighted by Gasteiger charge is 2.04. The Morgan fingerprint density at radius 1 is 1.44 bits per heavy atom. The van der Waals surface area contributed by atoms with E-state index in [9.17, 15) is 0 Å². The van der Waals surface area contributed by atoms with Crippen molar-refractivity contribution in [2.75, 3.05) is 0 Å². The third-order valence-electron chi connectivity index (χ3n) is 2.00. The summed E-state index contributed by atoms with van der Waals surface area (Å²) in [4.78, 5) is 4.16. The van der Waals surface area contributed by atoms with Gasteiger partial charge >= 0.3 is 0 Å². The Morgan fingerprint density at radius 2 is 2.31 bits per heavy atom. The first kappa shape index (κ1) is 11.9. The number of alkyl halides is 1. The fourth-order valence-corrected chi connectivity index (χ4v) is 2.42. The van der Waals surface area contributed by atoms with Crippen LogP contribution in [0.25, 0.3) is 0 Å². The highest BCUT2D eigenvalue weighted by Crippen LogP contribution is 2.25. The van der Waals surface area contributed by atoms with E-state index < -0.39 is 0 Å². The predicted octanol–water partition coefficient (Wildman–Crippen LogP) is 4.27. The lowest BCUT2D eigenvalue weighted by molar-refractivity contribution is 0.303. The van der Waals surface area contributed by atoms with Crippen molar-refractivity contribution >= 4 is 38.9 Å². The minimum atomic E-state index is 0.499. The number of halogens is 2. The van der Waals surface area contributed by atoms with Crippen molar-refractivity contribution in [3.63, 3.8) is 0 Å². The number of ether oxygens (including phenoxy) is 1. The molecule has 0 unspecified atom stereocenters. The minimum absolute atomic E-state index is 0.499. The summed E-state index contributed by atoms with van der Waals surface area (Å²) in [7, 11) is 0. The second-order valence-electron chi connectivity index (χ2n) is 3.10. The molecular weight excluding hydrogens is 310 g/mol. The number of benzene rings is 1. The summed E-state index contributed by atoms with van der Waals surface area (Å²) in [6.45, 7) is 0.499. The minimum Gasteiger partial charge on any atom is -0.486 e. The van der Waals surface area contributed by atoms with Gasteiger partial charge in [-0.05, 0) is 18.2 Å². The van der Waals surface area contributed by atoms with Crippen molar-refractivity contribution in [2.45, 2.75) is 11.9 Å². The van der Waals surface area contributed by atoms with E-state index in [1.165, 1.54) is 0 Å². The molecule has 0 N–H and O–H groups in total. The van der Waals surface area contributed by atoms with Crippen LogP contribution in [-0.2, 0) is 11.9 Å². The van der Waals surface area contributed by atoms with Crippen molar-refractivity contribution in [3.8, 4) is 5.75 Å². The predicted molar refractivity (Wildman–Crippen MR) is 70.5 cm³/mol. The molecule has 0 aliphatic carbocycles. The van der Waals surface area contributed by atoms with Gasteiger partial charge < -0.3 is 4.74 Å². The van der Waals surface area contributed by atoms with Crippen LogP contribution in [0.15, 0.2) is 29.8 Å². The van der Waals surface area contributed by atoms with E-state index in [0.717, 1.165) is 26.7 Å². The fraction of sp³-hybridized carbons (Fsp3) is 0.182. The highest BCUT2D eigenvalue weighted by molar-refractivity contribution is 9.08. The molecule has 2 aromatic rings. The molecule has 0 bridgehead atoms. The Labute approximate surface area is 111 Å². The van der Waals surface area contributed by atoms with Gasteiger partial charge in [-0.25, -0.2) is 4.98 Å². The van der Waals surface area contributed by atoms with Gasteiger partial charge in [-0.15, -0.1) is 11.3 Å². The molecule has 0 atom stereocenters. The third-order valence-corrected chi connectivity index (χ3v) is 3.59. The SMILES string of the molecule is Clc1ccc(OCc2nccs2)c(CBr)c1. The van der Waals surface area contributed by atoms with Gasteiger partial charge in [0, 0.05) is 27.5 Å². The second kappa shape index (κ2) is 5.66. The van der Waals surface area contributed by atoms with E-state index in [-0.39, 0.29) is 0 Å². The molecule has 84 valence electrons. The number of hydrogen-bond donors (Lipinski definition) is 0. The third kappa shape index (κ3) is 2.97. The van der Waals surface area contributed by atoms with E-state index in [2.05, 4.69) is 20.9 Å². The van der Waals surface area contributed by atoms with Crippen molar-refractivity contribution in [3.05, 3.63) is 45.4 Å². The standard InChI is InChI=1S/C11H9BrClNOS/c12-6-8-5-9(13)1-2-10(8)15-7-11-14-3-4-16-11/h1-5H,6-7H2. The van der Waals surface area contributed by atoms with Crippen LogP contribution >= 0.6 is 38.9 Å². The van der Waals surface area contributed by atoms with Crippen molar-refractivity contribution < 1.29 is 4.74 Å².